The van der Waals surface area contributed by atoms with Crippen molar-refractivity contribution in [2.24, 2.45) is 5.92 Å². The molecule has 0 bridgehead atoms. The number of benzene rings is 1. The van der Waals surface area contributed by atoms with Gasteiger partial charge in [-0.25, -0.2) is 0 Å². The SMILES string of the molecule is CCCC1CCN(c2cccc(Cl)c2[N+](=O)[O-])C1. The average Bonchev–Trinajstić information content (AvgIpc) is 2.77. The van der Waals surface area contributed by atoms with Gasteiger partial charge in [-0.15, -0.1) is 0 Å². The molecule has 1 heterocycles. The van der Waals surface area contributed by atoms with Crippen LogP contribution in [0.2, 0.25) is 5.02 Å². The van der Waals surface area contributed by atoms with Gasteiger partial charge in [0.05, 0.1) is 4.92 Å². The van der Waals surface area contributed by atoms with E-state index in [1.807, 2.05) is 0 Å². The van der Waals surface area contributed by atoms with Gasteiger partial charge in [0.25, 0.3) is 0 Å². The summed E-state index contributed by atoms with van der Waals surface area (Å²) < 4.78 is 0. The molecule has 1 aliphatic heterocycles. The molecule has 0 aliphatic carbocycles. The molecular formula is C13H17ClN2O2. The van der Waals surface area contributed by atoms with E-state index < -0.39 is 0 Å². The van der Waals surface area contributed by atoms with Crippen LogP contribution in [0.15, 0.2) is 18.2 Å². The highest BCUT2D eigenvalue weighted by molar-refractivity contribution is 6.33. The molecule has 0 aromatic heterocycles. The third-order valence-electron chi connectivity index (χ3n) is 3.47. The lowest BCUT2D eigenvalue weighted by Gasteiger charge is -2.18. The molecule has 0 N–H and O–H groups in total. The van der Waals surface area contributed by atoms with Crippen LogP contribution in [0.25, 0.3) is 0 Å². The highest BCUT2D eigenvalue weighted by atomic mass is 35.5. The minimum atomic E-state index is -0.384. The molecule has 1 fully saturated rings. The van der Waals surface area contributed by atoms with E-state index in [4.69, 9.17) is 11.6 Å². The molecule has 0 saturated carbocycles. The molecule has 2 rings (SSSR count). The Bertz CT molecular complexity index is 451. The molecule has 1 aromatic carbocycles. The molecular weight excluding hydrogens is 252 g/mol. The van der Waals surface area contributed by atoms with Gasteiger partial charge in [-0.05, 0) is 30.9 Å². The molecule has 98 valence electrons. The summed E-state index contributed by atoms with van der Waals surface area (Å²) in [5.41, 5.74) is 0.697. The van der Waals surface area contributed by atoms with Gasteiger partial charge in [-0.3, -0.25) is 10.1 Å². The second-order valence-corrected chi connectivity index (χ2v) is 5.16. The first-order chi connectivity index (χ1) is 8.63. The second kappa shape index (κ2) is 5.57. The number of hydrogen-bond acceptors (Lipinski definition) is 3. The maximum absolute atomic E-state index is 11.1. The predicted octanol–water partition coefficient (Wildman–Crippen LogP) is 3.87. The number of nitro benzene ring substituents is 1. The van der Waals surface area contributed by atoms with Crippen molar-refractivity contribution < 1.29 is 4.92 Å². The Morgan fingerprint density at radius 1 is 1.56 bits per heavy atom. The van der Waals surface area contributed by atoms with Gasteiger partial charge in [0.2, 0.25) is 0 Å². The molecule has 0 radical (unpaired) electrons. The normalized spacial score (nSPS) is 19.2. The lowest BCUT2D eigenvalue weighted by molar-refractivity contribution is -0.384. The zero-order valence-corrected chi connectivity index (χ0v) is 11.2. The highest BCUT2D eigenvalue weighted by Gasteiger charge is 2.28. The number of para-hydroxylation sites is 1. The van der Waals surface area contributed by atoms with Crippen LogP contribution in [0.5, 0.6) is 0 Å². The Hall–Kier alpha value is -1.29. The molecule has 4 nitrogen and oxygen atoms in total. The van der Waals surface area contributed by atoms with Crippen molar-refractivity contribution >= 4 is 23.0 Å². The van der Waals surface area contributed by atoms with Gasteiger partial charge in [0, 0.05) is 13.1 Å². The summed E-state index contributed by atoms with van der Waals surface area (Å²) in [6.07, 6.45) is 3.46. The highest BCUT2D eigenvalue weighted by Crippen LogP contribution is 2.37. The van der Waals surface area contributed by atoms with Crippen LogP contribution in [0.3, 0.4) is 0 Å². The molecule has 1 unspecified atom stereocenters. The van der Waals surface area contributed by atoms with Crippen molar-refractivity contribution in [1.82, 2.24) is 0 Å². The quantitative estimate of drug-likeness (QED) is 0.615. The largest absolute Gasteiger partial charge is 0.366 e. The fourth-order valence-electron chi connectivity index (χ4n) is 2.64. The Balaban J connectivity index is 2.24. The Morgan fingerprint density at radius 2 is 2.33 bits per heavy atom. The Labute approximate surface area is 112 Å². The summed E-state index contributed by atoms with van der Waals surface area (Å²) in [5.74, 6) is 0.647. The molecule has 1 aromatic rings. The van der Waals surface area contributed by atoms with Gasteiger partial charge >= 0.3 is 5.69 Å². The molecule has 1 atom stereocenters. The first kappa shape index (κ1) is 13.1. The first-order valence-corrected chi connectivity index (χ1v) is 6.69. The number of rotatable bonds is 4. The van der Waals surface area contributed by atoms with Crippen molar-refractivity contribution in [3.63, 3.8) is 0 Å². The standard InChI is InChI=1S/C13H17ClN2O2/c1-2-4-10-7-8-15(9-10)12-6-3-5-11(14)13(12)16(17)18/h3,5-6,10H,2,4,7-9H2,1H3. The maximum Gasteiger partial charge on any atom is 0.310 e. The monoisotopic (exact) mass is 268 g/mol. The van der Waals surface area contributed by atoms with E-state index >= 15 is 0 Å². The molecule has 0 spiro atoms. The van der Waals surface area contributed by atoms with E-state index in [2.05, 4.69) is 11.8 Å². The van der Waals surface area contributed by atoms with Crippen molar-refractivity contribution in [3.8, 4) is 0 Å². The maximum atomic E-state index is 11.1. The lowest BCUT2D eigenvalue weighted by atomic mass is 10.0. The fraction of sp³-hybridized carbons (Fsp3) is 0.538. The molecule has 18 heavy (non-hydrogen) atoms. The third-order valence-corrected chi connectivity index (χ3v) is 3.78. The summed E-state index contributed by atoms with van der Waals surface area (Å²) in [6.45, 7) is 3.95. The van der Waals surface area contributed by atoms with E-state index in [1.165, 1.54) is 6.42 Å². The van der Waals surface area contributed by atoms with Crippen molar-refractivity contribution in [2.45, 2.75) is 26.2 Å². The summed E-state index contributed by atoms with van der Waals surface area (Å²) in [6, 6.07) is 5.14. The number of hydrogen-bond donors (Lipinski definition) is 0. The summed E-state index contributed by atoms with van der Waals surface area (Å²) in [5, 5.41) is 11.3. The summed E-state index contributed by atoms with van der Waals surface area (Å²) in [4.78, 5) is 12.8. The Kier molecular flexibility index (Phi) is 4.07. The molecule has 5 heteroatoms. The summed E-state index contributed by atoms with van der Waals surface area (Å²) in [7, 11) is 0. The number of halogens is 1. The van der Waals surface area contributed by atoms with Crippen LogP contribution >= 0.6 is 11.6 Å². The van der Waals surface area contributed by atoms with Gasteiger partial charge in [-0.2, -0.15) is 0 Å². The molecule has 0 amide bonds. The van der Waals surface area contributed by atoms with Crippen molar-refractivity contribution in [3.05, 3.63) is 33.3 Å². The fourth-order valence-corrected chi connectivity index (χ4v) is 2.87. The van der Waals surface area contributed by atoms with Crippen LogP contribution < -0.4 is 4.90 Å². The van der Waals surface area contributed by atoms with E-state index in [-0.39, 0.29) is 15.6 Å². The van der Waals surface area contributed by atoms with E-state index in [1.54, 1.807) is 18.2 Å². The van der Waals surface area contributed by atoms with E-state index in [0.717, 1.165) is 25.9 Å². The smallest absolute Gasteiger partial charge is 0.310 e. The summed E-state index contributed by atoms with van der Waals surface area (Å²) >= 11 is 5.93. The topological polar surface area (TPSA) is 46.4 Å². The minimum absolute atomic E-state index is 0.0383. The van der Waals surface area contributed by atoms with Crippen molar-refractivity contribution in [2.75, 3.05) is 18.0 Å². The number of nitro groups is 1. The first-order valence-electron chi connectivity index (χ1n) is 6.31. The van der Waals surface area contributed by atoms with Crippen LogP contribution in [0, 0.1) is 16.0 Å². The van der Waals surface area contributed by atoms with Crippen LogP contribution in [-0.4, -0.2) is 18.0 Å². The van der Waals surface area contributed by atoms with E-state index in [0.29, 0.717) is 11.6 Å². The minimum Gasteiger partial charge on any atom is -0.366 e. The predicted molar refractivity (Wildman–Crippen MR) is 73.3 cm³/mol. The lowest BCUT2D eigenvalue weighted by Crippen LogP contribution is -2.20. The van der Waals surface area contributed by atoms with Crippen LogP contribution in [0.4, 0.5) is 11.4 Å². The van der Waals surface area contributed by atoms with Gasteiger partial charge < -0.3 is 4.90 Å². The zero-order chi connectivity index (χ0) is 13.1. The van der Waals surface area contributed by atoms with E-state index in [9.17, 15) is 10.1 Å². The average molecular weight is 269 g/mol. The van der Waals surface area contributed by atoms with Crippen molar-refractivity contribution in [1.29, 1.82) is 0 Å². The van der Waals surface area contributed by atoms with Gasteiger partial charge in [0.1, 0.15) is 10.7 Å². The number of nitrogens with zero attached hydrogens (tertiary/aromatic N) is 2. The van der Waals surface area contributed by atoms with Gasteiger partial charge in [-0.1, -0.05) is 31.0 Å². The van der Waals surface area contributed by atoms with Gasteiger partial charge in [0.15, 0.2) is 0 Å². The molecule has 1 saturated heterocycles. The number of anilines is 1. The van der Waals surface area contributed by atoms with Crippen LogP contribution in [0.1, 0.15) is 26.2 Å². The third kappa shape index (κ3) is 2.58. The van der Waals surface area contributed by atoms with Crippen LogP contribution in [-0.2, 0) is 0 Å². The molecule has 1 aliphatic rings. The Morgan fingerprint density at radius 3 is 3.00 bits per heavy atom. The second-order valence-electron chi connectivity index (χ2n) is 4.75. The zero-order valence-electron chi connectivity index (χ0n) is 10.4.